The SMILES string of the molecule is c1cn(CC2CCCN(CCn3cncn3)C2)cn1. The molecular formula is C13H20N6. The first-order valence-corrected chi connectivity index (χ1v) is 6.90. The Morgan fingerprint density at radius 2 is 2.16 bits per heavy atom. The first kappa shape index (κ1) is 12.3. The lowest BCUT2D eigenvalue weighted by molar-refractivity contribution is 0.156. The molecule has 0 amide bonds. The Morgan fingerprint density at radius 3 is 2.95 bits per heavy atom. The van der Waals surface area contributed by atoms with Crippen LogP contribution >= 0.6 is 0 Å². The smallest absolute Gasteiger partial charge is 0.137 e. The molecule has 0 radical (unpaired) electrons. The zero-order valence-corrected chi connectivity index (χ0v) is 11.1. The molecule has 1 unspecified atom stereocenters. The molecule has 6 nitrogen and oxygen atoms in total. The second-order valence-electron chi connectivity index (χ2n) is 5.23. The topological polar surface area (TPSA) is 51.8 Å². The van der Waals surface area contributed by atoms with E-state index in [4.69, 9.17) is 0 Å². The van der Waals surface area contributed by atoms with Crippen molar-refractivity contribution in [1.82, 2.24) is 29.2 Å². The van der Waals surface area contributed by atoms with Gasteiger partial charge in [-0.3, -0.25) is 4.68 Å². The van der Waals surface area contributed by atoms with E-state index >= 15 is 0 Å². The molecule has 0 N–H and O–H groups in total. The van der Waals surface area contributed by atoms with Crippen molar-refractivity contribution in [3.05, 3.63) is 31.4 Å². The molecule has 2 aromatic rings. The van der Waals surface area contributed by atoms with E-state index in [2.05, 4.69) is 24.5 Å². The third-order valence-corrected chi connectivity index (χ3v) is 3.74. The van der Waals surface area contributed by atoms with Crippen LogP contribution in [0.4, 0.5) is 0 Å². The molecule has 0 aromatic carbocycles. The number of aromatic nitrogens is 5. The summed E-state index contributed by atoms with van der Waals surface area (Å²) in [6.45, 7) is 5.45. The quantitative estimate of drug-likeness (QED) is 0.801. The molecule has 2 aromatic heterocycles. The van der Waals surface area contributed by atoms with Gasteiger partial charge in [0, 0.05) is 32.0 Å². The van der Waals surface area contributed by atoms with Gasteiger partial charge in [-0.1, -0.05) is 0 Å². The van der Waals surface area contributed by atoms with Crippen LogP contribution in [0.25, 0.3) is 0 Å². The van der Waals surface area contributed by atoms with Crippen molar-refractivity contribution in [3.8, 4) is 0 Å². The summed E-state index contributed by atoms with van der Waals surface area (Å²) in [5, 5.41) is 4.15. The van der Waals surface area contributed by atoms with Gasteiger partial charge in [-0.25, -0.2) is 9.97 Å². The average Bonchev–Trinajstić information content (AvgIpc) is 3.10. The largest absolute Gasteiger partial charge is 0.337 e. The Balaban J connectivity index is 1.47. The number of imidazole rings is 1. The maximum atomic E-state index is 4.15. The fourth-order valence-corrected chi connectivity index (χ4v) is 2.79. The number of nitrogens with zero attached hydrogens (tertiary/aromatic N) is 6. The van der Waals surface area contributed by atoms with Crippen molar-refractivity contribution in [3.63, 3.8) is 0 Å². The number of piperidine rings is 1. The van der Waals surface area contributed by atoms with E-state index in [1.165, 1.54) is 25.9 Å². The Hall–Kier alpha value is -1.69. The van der Waals surface area contributed by atoms with E-state index in [0.29, 0.717) is 0 Å². The standard InChI is InChI=1S/C13H20N6/c1-2-13(9-18-5-3-14-11-18)8-17(4-1)6-7-19-12-15-10-16-19/h3,5,10-13H,1-2,4,6-9H2. The molecule has 19 heavy (non-hydrogen) atoms. The van der Waals surface area contributed by atoms with Crippen LogP contribution in [-0.4, -0.2) is 48.8 Å². The molecule has 0 spiro atoms. The number of hydrogen-bond acceptors (Lipinski definition) is 4. The van der Waals surface area contributed by atoms with Crippen molar-refractivity contribution in [2.45, 2.75) is 25.9 Å². The Kier molecular flexibility index (Phi) is 3.88. The molecule has 0 saturated carbocycles. The molecule has 102 valence electrons. The highest BCUT2D eigenvalue weighted by Crippen LogP contribution is 2.18. The molecule has 3 rings (SSSR count). The summed E-state index contributed by atoms with van der Waals surface area (Å²) in [7, 11) is 0. The lowest BCUT2D eigenvalue weighted by Crippen LogP contribution is -2.38. The van der Waals surface area contributed by atoms with Crippen LogP contribution in [0.15, 0.2) is 31.4 Å². The third-order valence-electron chi connectivity index (χ3n) is 3.74. The van der Waals surface area contributed by atoms with E-state index in [1.54, 1.807) is 12.7 Å². The molecule has 3 heterocycles. The molecule has 1 aliphatic heterocycles. The molecular weight excluding hydrogens is 240 g/mol. The third kappa shape index (κ3) is 3.41. The molecule has 0 bridgehead atoms. The second-order valence-corrected chi connectivity index (χ2v) is 5.23. The van der Waals surface area contributed by atoms with E-state index < -0.39 is 0 Å². The summed E-state index contributed by atoms with van der Waals surface area (Å²) in [6, 6.07) is 0. The van der Waals surface area contributed by atoms with Gasteiger partial charge < -0.3 is 9.47 Å². The van der Waals surface area contributed by atoms with E-state index in [1.807, 2.05) is 23.4 Å². The highest BCUT2D eigenvalue weighted by molar-refractivity contribution is 4.79. The van der Waals surface area contributed by atoms with Crippen molar-refractivity contribution in [2.75, 3.05) is 19.6 Å². The van der Waals surface area contributed by atoms with Gasteiger partial charge >= 0.3 is 0 Å². The summed E-state index contributed by atoms with van der Waals surface area (Å²) in [6.07, 6.45) is 11.8. The first-order chi connectivity index (χ1) is 9.40. The van der Waals surface area contributed by atoms with Gasteiger partial charge in [0.2, 0.25) is 0 Å². The zero-order valence-electron chi connectivity index (χ0n) is 11.1. The normalized spacial score (nSPS) is 20.7. The summed E-state index contributed by atoms with van der Waals surface area (Å²) in [5.41, 5.74) is 0. The van der Waals surface area contributed by atoms with E-state index in [-0.39, 0.29) is 0 Å². The lowest BCUT2D eigenvalue weighted by Gasteiger charge is -2.32. The van der Waals surface area contributed by atoms with Gasteiger partial charge in [0.25, 0.3) is 0 Å². The fraction of sp³-hybridized carbons (Fsp3) is 0.615. The van der Waals surface area contributed by atoms with Crippen molar-refractivity contribution >= 4 is 0 Å². The van der Waals surface area contributed by atoms with Crippen LogP contribution in [-0.2, 0) is 13.1 Å². The predicted molar refractivity (Wildman–Crippen MR) is 71.4 cm³/mol. The highest BCUT2D eigenvalue weighted by Gasteiger charge is 2.19. The zero-order chi connectivity index (χ0) is 12.9. The Morgan fingerprint density at radius 1 is 1.16 bits per heavy atom. The summed E-state index contributed by atoms with van der Waals surface area (Å²) in [4.78, 5) is 10.6. The molecule has 1 saturated heterocycles. The first-order valence-electron chi connectivity index (χ1n) is 6.90. The van der Waals surface area contributed by atoms with Gasteiger partial charge in [0.15, 0.2) is 0 Å². The van der Waals surface area contributed by atoms with Crippen molar-refractivity contribution < 1.29 is 0 Å². The van der Waals surface area contributed by atoms with Crippen LogP contribution < -0.4 is 0 Å². The average molecular weight is 260 g/mol. The minimum atomic E-state index is 0.735. The van der Waals surface area contributed by atoms with Crippen LogP contribution in [0, 0.1) is 5.92 Å². The van der Waals surface area contributed by atoms with E-state index in [9.17, 15) is 0 Å². The van der Waals surface area contributed by atoms with Crippen LogP contribution in [0.2, 0.25) is 0 Å². The van der Waals surface area contributed by atoms with Gasteiger partial charge in [0.1, 0.15) is 12.7 Å². The highest BCUT2D eigenvalue weighted by atomic mass is 15.3. The number of rotatable bonds is 5. The van der Waals surface area contributed by atoms with Crippen LogP contribution in [0.1, 0.15) is 12.8 Å². The number of hydrogen-bond donors (Lipinski definition) is 0. The maximum Gasteiger partial charge on any atom is 0.137 e. The van der Waals surface area contributed by atoms with Gasteiger partial charge in [-0.05, 0) is 25.3 Å². The fourth-order valence-electron chi connectivity index (χ4n) is 2.79. The maximum absolute atomic E-state index is 4.15. The van der Waals surface area contributed by atoms with Crippen molar-refractivity contribution in [1.29, 1.82) is 0 Å². The minimum absolute atomic E-state index is 0.735. The van der Waals surface area contributed by atoms with Gasteiger partial charge in [-0.2, -0.15) is 5.10 Å². The van der Waals surface area contributed by atoms with E-state index in [0.717, 1.165) is 25.6 Å². The monoisotopic (exact) mass is 260 g/mol. The molecule has 1 aliphatic rings. The van der Waals surface area contributed by atoms with Gasteiger partial charge in [-0.15, -0.1) is 0 Å². The van der Waals surface area contributed by atoms with Gasteiger partial charge in [0.05, 0.1) is 12.9 Å². The van der Waals surface area contributed by atoms with Crippen LogP contribution in [0.5, 0.6) is 0 Å². The van der Waals surface area contributed by atoms with Crippen LogP contribution in [0.3, 0.4) is 0 Å². The summed E-state index contributed by atoms with van der Waals surface area (Å²) < 4.78 is 4.09. The predicted octanol–water partition coefficient (Wildman–Crippen LogP) is 0.887. The lowest BCUT2D eigenvalue weighted by atomic mass is 9.98. The number of likely N-dealkylation sites (tertiary alicyclic amines) is 1. The summed E-state index contributed by atoms with van der Waals surface area (Å²) in [5.74, 6) is 0.735. The van der Waals surface area contributed by atoms with Crippen molar-refractivity contribution in [2.24, 2.45) is 5.92 Å². The Bertz CT molecular complexity index is 463. The molecule has 1 fully saturated rings. The minimum Gasteiger partial charge on any atom is -0.337 e. The molecule has 6 heteroatoms. The molecule has 0 aliphatic carbocycles. The Labute approximate surface area is 113 Å². The second kappa shape index (κ2) is 5.97. The molecule has 1 atom stereocenters. The summed E-state index contributed by atoms with van der Waals surface area (Å²) >= 11 is 0.